The molecule has 1 aliphatic rings. The minimum absolute atomic E-state index is 0.0290. The second-order valence-electron chi connectivity index (χ2n) is 11.9. The van der Waals surface area contributed by atoms with Crippen LogP contribution in [0.25, 0.3) is 27.7 Å². The fraction of sp³-hybridized carbons (Fsp3) is 0.500. The van der Waals surface area contributed by atoms with Crippen molar-refractivity contribution in [1.29, 1.82) is 0 Å². The number of pyridine rings is 1. The molecule has 1 saturated carbocycles. The summed E-state index contributed by atoms with van der Waals surface area (Å²) in [6.07, 6.45) is -3.07. The summed E-state index contributed by atoms with van der Waals surface area (Å²) in [6, 6.07) is 7.64. The largest absolute Gasteiger partial charge is 0.462 e. The van der Waals surface area contributed by atoms with Crippen LogP contribution in [0.1, 0.15) is 117 Å². The molecule has 2 aromatic heterocycles. The van der Waals surface area contributed by atoms with E-state index in [0.29, 0.717) is 35.5 Å². The number of esters is 2. The summed E-state index contributed by atoms with van der Waals surface area (Å²) in [7, 11) is 0. The van der Waals surface area contributed by atoms with E-state index < -0.39 is 24.0 Å². The number of halogens is 3. The molecular weight excluding hydrogens is 557 g/mol. The van der Waals surface area contributed by atoms with E-state index in [1.54, 1.807) is 13.8 Å². The number of hydrogen-bond acceptors (Lipinski definition) is 5. The molecule has 0 saturated heterocycles. The SMILES string of the molecule is C=C(c1ccc2cc(-c3c(C(=O)OCC)c(C(C)C)nc(C(C)C)c3C(=O)OCC)[nH]c2c1)C1CCC(C(F)(F)F)CC1. The van der Waals surface area contributed by atoms with E-state index in [2.05, 4.69) is 11.6 Å². The number of allylic oxidation sites excluding steroid dienone is 1. The molecule has 1 fully saturated rings. The number of aromatic nitrogens is 2. The zero-order valence-electron chi connectivity index (χ0n) is 25.8. The highest BCUT2D eigenvalue weighted by Gasteiger charge is 2.41. The van der Waals surface area contributed by atoms with Crippen molar-refractivity contribution in [2.24, 2.45) is 11.8 Å². The Balaban J connectivity index is 1.86. The molecule has 0 bridgehead atoms. The lowest BCUT2D eigenvalue weighted by molar-refractivity contribution is -0.182. The van der Waals surface area contributed by atoms with Crippen molar-refractivity contribution in [3.63, 3.8) is 0 Å². The number of H-pyrrole nitrogens is 1. The Kier molecular flexibility index (Phi) is 9.72. The van der Waals surface area contributed by atoms with Crippen LogP contribution in [0, 0.1) is 11.8 Å². The molecule has 9 heteroatoms. The number of benzene rings is 1. The van der Waals surface area contributed by atoms with Gasteiger partial charge in [-0.1, -0.05) is 46.4 Å². The van der Waals surface area contributed by atoms with Crippen LogP contribution < -0.4 is 0 Å². The first-order chi connectivity index (χ1) is 20.3. The molecule has 0 unspecified atom stereocenters. The van der Waals surface area contributed by atoms with E-state index in [1.807, 2.05) is 52.0 Å². The number of ether oxygens (including phenoxy) is 2. The fourth-order valence-electron chi connectivity index (χ4n) is 6.01. The van der Waals surface area contributed by atoms with Gasteiger partial charge in [-0.15, -0.1) is 0 Å². The van der Waals surface area contributed by atoms with Gasteiger partial charge in [0.1, 0.15) is 0 Å². The van der Waals surface area contributed by atoms with Gasteiger partial charge in [0.2, 0.25) is 0 Å². The summed E-state index contributed by atoms with van der Waals surface area (Å²) in [6.45, 7) is 15.8. The minimum atomic E-state index is -4.16. The van der Waals surface area contributed by atoms with Crippen LogP contribution in [0.4, 0.5) is 13.2 Å². The lowest BCUT2D eigenvalue weighted by Crippen LogP contribution is -2.28. The van der Waals surface area contributed by atoms with E-state index in [4.69, 9.17) is 14.5 Å². The average Bonchev–Trinajstić information content (AvgIpc) is 3.38. The third-order valence-corrected chi connectivity index (χ3v) is 8.25. The Bertz CT molecular complexity index is 1460. The van der Waals surface area contributed by atoms with Crippen LogP contribution in [0.15, 0.2) is 30.8 Å². The van der Waals surface area contributed by atoms with Gasteiger partial charge in [-0.25, -0.2) is 9.59 Å². The van der Waals surface area contributed by atoms with Gasteiger partial charge in [-0.2, -0.15) is 13.2 Å². The van der Waals surface area contributed by atoms with Crippen molar-refractivity contribution in [1.82, 2.24) is 9.97 Å². The maximum absolute atomic E-state index is 13.5. The molecule has 0 radical (unpaired) electrons. The van der Waals surface area contributed by atoms with E-state index in [-0.39, 0.29) is 54.9 Å². The smallest absolute Gasteiger partial charge is 0.391 e. The minimum Gasteiger partial charge on any atom is -0.462 e. The molecule has 1 aliphatic carbocycles. The Morgan fingerprint density at radius 1 is 0.930 bits per heavy atom. The van der Waals surface area contributed by atoms with Crippen LogP contribution in [0.3, 0.4) is 0 Å². The molecule has 0 aliphatic heterocycles. The number of aromatic amines is 1. The molecule has 0 spiro atoms. The van der Waals surface area contributed by atoms with Crippen LogP contribution in [0.5, 0.6) is 0 Å². The van der Waals surface area contributed by atoms with Crippen molar-refractivity contribution in [3.05, 3.63) is 58.9 Å². The van der Waals surface area contributed by atoms with Crippen molar-refractivity contribution in [3.8, 4) is 11.3 Å². The number of rotatable bonds is 9. The van der Waals surface area contributed by atoms with Gasteiger partial charge in [-0.05, 0) is 80.6 Å². The molecule has 0 amide bonds. The molecule has 3 aromatic rings. The third kappa shape index (κ3) is 6.65. The molecule has 232 valence electrons. The van der Waals surface area contributed by atoms with Gasteiger partial charge in [0, 0.05) is 22.2 Å². The van der Waals surface area contributed by atoms with Crippen molar-refractivity contribution >= 4 is 28.4 Å². The number of fused-ring (bicyclic) bond motifs is 1. The van der Waals surface area contributed by atoms with Crippen LogP contribution in [-0.4, -0.2) is 41.3 Å². The number of carbonyl (C=O) groups excluding carboxylic acids is 2. The highest BCUT2D eigenvalue weighted by atomic mass is 19.4. The first-order valence-electron chi connectivity index (χ1n) is 15.1. The zero-order chi connectivity index (χ0) is 31.6. The molecule has 1 aromatic carbocycles. The van der Waals surface area contributed by atoms with E-state index in [9.17, 15) is 22.8 Å². The number of hydrogen-bond donors (Lipinski definition) is 1. The summed E-state index contributed by atoms with van der Waals surface area (Å²) < 4.78 is 50.5. The second-order valence-corrected chi connectivity index (χ2v) is 11.9. The number of nitrogens with one attached hydrogen (secondary N) is 1. The highest BCUT2D eigenvalue weighted by Crippen LogP contribution is 2.44. The summed E-state index contributed by atoms with van der Waals surface area (Å²) in [4.78, 5) is 35.2. The normalized spacial score (nSPS) is 17.5. The zero-order valence-corrected chi connectivity index (χ0v) is 25.8. The first-order valence-corrected chi connectivity index (χ1v) is 15.1. The molecule has 4 rings (SSSR count). The number of alkyl halides is 3. The van der Waals surface area contributed by atoms with Gasteiger partial charge in [0.15, 0.2) is 0 Å². The van der Waals surface area contributed by atoms with Crippen LogP contribution in [0.2, 0.25) is 0 Å². The van der Waals surface area contributed by atoms with Gasteiger partial charge in [0.25, 0.3) is 0 Å². The van der Waals surface area contributed by atoms with Gasteiger partial charge < -0.3 is 14.5 Å². The highest BCUT2D eigenvalue weighted by molar-refractivity contribution is 6.08. The van der Waals surface area contributed by atoms with E-state index in [1.165, 1.54) is 0 Å². The topological polar surface area (TPSA) is 81.3 Å². The number of carbonyl (C=O) groups is 2. The van der Waals surface area contributed by atoms with Gasteiger partial charge in [0.05, 0.1) is 41.6 Å². The maximum Gasteiger partial charge on any atom is 0.391 e. The van der Waals surface area contributed by atoms with Crippen molar-refractivity contribution in [2.75, 3.05) is 13.2 Å². The van der Waals surface area contributed by atoms with Crippen LogP contribution in [-0.2, 0) is 9.47 Å². The number of nitrogens with zero attached hydrogens (tertiary/aromatic N) is 1. The average molecular weight is 599 g/mol. The standard InChI is InChI=1S/C34H41F3N2O4/c1-8-42-32(40)28-27(29(33(41)43-9-2)31(19(5)6)39-30(28)18(3)4)26-17-23-11-10-22(16-25(23)38-26)20(7)21-12-14-24(15-13-21)34(35,36)37/h10-11,16-19,21,24,38H,7-9,12-15H2,1-6H3. The predicted octanol–water partition coefficient (Wildman–Crippen LogP) is 9.21. The second kappa shape index (κ2) is 12.9. The summed E-state index contributed by atoms with van der Waals surface area (Å²) in [5.41, 5.74) is 4.85. The van der Waals surface area contributed by atoms with Crippen molar-refractivity contribution < 1.29 is 32.2 Å². The Morgan fingerprint density at radius 3 is 1.93 bits per heavy atom. The molecule has 0 atom stereocenters. The van der Waals surface area contributed by atoms with Gasteiger partial charge >= 0.3 is 18.1 Å². The summed E-state index contributed by atoms with van der Waals surface area (Å²) >= 11 is 0. The Hall–Kier alpha value is -3.62. The first kappa shape index (κ1) is 32.3. The van der Waals surface area contributed by atoms with Crippen molar-refractivity contribution in [2.45, 2.75) is 85.2 Å². The molecular formula is C34H41F3N2O4. The summed E-state index contributed by atoms with van der Waals surface area (Å²) in [5, 5.41) is 0.839. The van der Waals surface area contributed by atoms with Gasteiger partial charge in [-0.3, -0.25) is 4.98 Å². The third-order valence-electron chi connectivity index (χ3n) is 8.25. The molecule has 6 nitrogen and oxygen atoms in total. The monoisotopic (exact) mass is 598 g/mol. The Labute approximate surface area is 251 Å². The maximum atomic E-state index is 13.5. The molecule has 1 N–H and O–H groups in total. The lowest BCUT2D eigenvalue weighted by Gasteiger charge is -2.31. The quantitative estimate of drug-likeness (QED) is 0.248. The predicted molar refractivity (Wildman–Crippen MR) is 162 cm³/mol. The summed E-state index contributed by atoms with van der Waals surface area (Å²) in [5.74, 6) is -2.71. The van der Waals surface area contributed by atoms with Crippen LogP contribution >= 0.6 is 0 Å². The molecule has 43 heavy (non-hydrogen) atoms. The van der Waals surface area contributed by atoms with E-state index in [0.717, 1.165) is 22.0 Å². The fourth-order valence-corrected chi connectivity index (χ4v) is 6.01. The lowest BCUT2D eigenvalue weighted by atomic mass is 9.77. The Morgan fingerprint density at radius 2 is 1.47 bits per heavy atom. The molecule has 2 heterocycles. The van der Waals surface area contributed by atoms with E-state index >= 15 is 0 Å².